The van der Waals surface area contributed by atoms with Gasteiger partial charge in [-0.15, -0.1) is 0 Å². The zero-order valence-corrected chi connectivity index (χ0v) is 25.7. The van der Waals surface area contributed by atoms with E-state index in [1.165, 1.54) is 0 Å². The van der Waals surface area contributed by atoms with E-state index in [2.05, 4.69) is 38.6 Å². The zero-order valence-electron chi connectivity index (χ0n) is 25.7. The van der Waals surface area contributed by atoms with E-state index in [9.17, 15) is 9.59 Å². The largest absolute Gasteiger partial charge is 0.492 e. The van der Waals surface area contributed by atoms with E-state index in [0.717, 1.165) is 52.9 Å². The first-order valence-corrected chi connectivity index (χ1v) is 14.8. The van der Waals surface area contributed by atoms with Gasteiger partial charge in [0.1, 0.15) is 12.4 Å². The van der Waals surface area contributed by atoms with Gasteiger partial charge in [0.2, 0.25) is 5.91 Å². The number of carbonyl (C=O) groups excluding carboxylic acids is 2. The first-order chi connectivity index (χ1) is 20.7. The van der Waals surface area contributed by atoms with Crippen molar-refractivity contribution >= 4 is 11.8 Å². The highest BCUT2D eigenvalue weighted by atomic mass is 16.5. The molecule has 1 fully saturated rings. The molecule has 10 heteroatoms. The number of ether oxygens (including phenoxy) is 1. The lowest BCUT2D eigenvalue weighted by Gasteiger charge is -2.18. The van der Waals surface area contributed by atoms with Crippen LogP contribution >= 0.6 is 0 Å². The van der Waals surface area contributed by atoms with E-state index in [-0.39, 0.29) is 17.9 Å². The van der Waals surface area contributed by atoms with E-state index < -0.39 is 0 Å². The van der Waals surface area contributed by atoms with Gasteiger partial charge in [-0.05, 0) is 86.9 Å². The van der Waals surface area contributed by atoms with Gasteiger partial charge in [-0.3, -0.25) is 19.0 Å². The fourth-order valence-corrected chi connectivity index (χ4v) is 5.24. The Morgan fingerprint density at radius 1 is 1.02 bits per heavy atom. The van der Waals surface area contributed by atoms with Crippen LogP contribution in [0, 0.1) is 6.92 Å². The number of likely N-dealkylation sites (N-methyl/N-ethyl adjacent to an activating group) is 1. The number of hydrogen-bond acceptors (Lipinski definition) is 6. The second-order valence-corrected chi connectivity index (χ2v) is 11.5. The smallest absolute Gasteiger partial charge is 0.252 e. The maximum Gasteiger partial charge on any atom is 0.252 e. The van der Waals surface area contributed by atoms with Crippen molar-refractivity contribution in [2.45, 2.75) is 39.3 Å². The number of rotatable bonds is 12. The maximum absolute atomic E-state index is 13.5. The van der Waals surface area contributed by atoms with Crippen molar-refractivity contribution in [3.8, 4) is 28.0 Å². The van der Waals surface area contributed by atoms with E-state index >= 15 is 0 Å². The Hall–Kier alpha value is -4.44. The molecule has 0 radical (unpaired) electrons. The molecule has 0 saturated carbocycles. The second kappa shape index (κ2) is 13.2. The molecule has 2 aromatic heterocycles. The molecule has 10 nitrogen and oxygen atoms in total. The molecule has 0 bridgehead atoms. The minimum Gasteiger partial charge on any atom is -0.492 e. The summed E-state index contributed by atoms with van der Waals surface area (Å²) in [7, 11) is 5.89. The molecule has 43 heavy (non-hydrogen) atoms. The predicted molar refractivity (Wildman–Crippen MR) is 167 cm³/mol. The van der Waals surface area contributed by atoms with Crippen LogP contribution in [0.5, 0.6) is 5.75 Å². The van der Waals surface area contributed by atoms with Gasteiger partial charge in [-0.2, -0.15) is 10.2 Å². The van der Waals surface area contributed by atoms with Crippen LogP contribution in [0.1, 0.15) is 47.3 Å². The van der Waals surface area contributed by atoms with Gasteiger partial charge in [0, 0.05) is 62.2 Å². The molecule has 0 aliphatic carbocycles. The summed E-state index contributed by atoms with van der Waals surface area (Å²) in [6.45, 7) is 7.38. The number of nitrogens with one attached hydrogen (secondary N) is 1. The van der Waals surface area contributed by atoms with Crippen molar-refractivity contribution in [3.05, 3.63) is 77.9 Å². The highest BCUT2D eigenvalue weighted by Gasteiger charge is 2.20. The summed E-state index contributed by atoms with van der Waals surface area (Å²) < 4.78 is 9.55. The Morgan fingerprint density at radius 3 is 2.44 bits per heavy atom. The summed E-state index contributed by atoms with van der Waals surface area (Å²) in [5.41, 5.74) is 6.40. The third-order valence-electron chi connectivity index (χ3n) is 7.84. The van der Waals surface area contributed by atoms with Crippen molar-refractivity contribution in [1.29, 1.82) is 0 Å². The molecule has 2 amide bonds. The van der Waals surface area contributed by atoms with Gasteiger partial charge in [0.05, 0.1) is 25.0 Å². The average molecular weight is 584 g/mol. The van der Waals surface area contributed by atoms with Crippen molar-refractivity contribution in [1.82, 2.24) is 34.7 Å². The van der Waals surface area contributed by atoms with Crippen molar-refractivity contribution < 1.29 is 14.3 Å². The molecular weight excluding hydrogens is 542 g/mol. The van der Waals surface area contributed by atoms with Crippen LogP contribution in [-0.2, 0) is 18.4 Å². The number of amides is 2. The molecule has 0 unspecified atom stereocenters. The minimum atomic E-state index is -0.267. The molecule has 1 aliphatic rings. The van der Waals surface area contributed by atoms with Gasteiger partial charge in [0.25, 0.3) is 5.91 Å². The van der Waals surface area contributed by atoms with Gasteiger partial charge in [0.15, 0.2) is 0 Å². The van der Waals surface area contributed by atoms with E-state index in [0.29, 0.717) is 37.4 Å². The van der Waals surface area contributed by atoms with Crippen LogP contribution < -0.4 is 10.1 Å². The van der Waals surface area contributed by atoms with Gasteiger partial charge < -0.3 is 19.9 Å². The Balaban J connectivity index is 1.36. The molecule has 1 aliphatic heterocycles. The topological polar surface area (TPSA) is 97.5 Å². The lowest BCUT2D eigenvalue weighted by molar-refractivity contribution is -0.127. The number of benzene rings is 2. The number of likely N-dealkylation sites (tertiary alicyclic amines) is 1. The van der Waals surface area contributed by atoms with Gasteiger partial charge in [-0.1, -0.05) is 6.07 Å². The van der Waals surface area contributed by atoms with Crippen molar-refractivity contribution in [2.75, 3.05) is 40.3 Å². The highest BCUT2D eigenvalue weighted by molar-refractivity contribution is 5.96. The summed E-state index contributed by atoms with van der Waals surface area (Å²) in [6, 6.07) is 11.7. The van der Waals surface area contributed by atoms with E-state index in [1.54, 1.807) is 4.68 Å². The van der Waals surface area contributed by atoms with Crippen LogP contribution in [0.2, 0.25) is 0 Å². The lowest BCUT2D eigenvalue weighted by Crippen LogP contribution is -2.28. The number of aryl methyl sites for hydroxylation is 2. The predicted octanol–water partition coefficient (Wildman–Crippen LogP) is 4.31. The van der Waals surface area contributed by atoms with Crippen LogP contribution in [-0.4, -0.2) is 81.5 Å². The summed E-state index contributed by atoms with van der Waals surface area (Å²) >= 11 is 0. The van der Waals surface area contributed by atoms with Crippen LogP contribution in [0.25, 0.3) is 22.3 Å². The quantitative estimate of drug-likeness (QED) is 0.267. The van der Waals surface area contributed by atoms with E-state index in [4.69, 9.17) is 4.74 Å². The molecule has 3 heterocycles. The van der Waals surface area contributed by atoms with Crippen LogP contribution in [0.3, 0.4) is 0 Å². The lowest BCUT2D eigenvalue weighted by atomic mass is 9.96. The normalized spacial score (nSPS) is 14.0. The van der Waals surface area contributed by atoms with E-state index in [1.807, 2.05) is 87.6 Å². The first-order valence-electron chi connectivity index (χ1n) is 14.8. The van der Waals surface area contributed by atoms with Crippen molar-refractivity contribution in [3.63, 3.8) is 0 Å². The zero-order chi connectivity index (χ0) is 30.5. The Kier molecular flexibility index (Phi) is 9.25. The SMILES string of the molecule is Cc1ccc(OCCN(C)C)cc1C(=O)N[C@H](C)c1cc(-c2cnn(C)c2)cc(-c2cnn(CCN3CCCC3=O)c2)c1. The second-order valence-electron chi connectivity index (χ2n) is 11.5. The third-order valence-corrected chi connectivity index (χ3v) is 7.84. The summed E-state index contributed by atoms with van der Waals surface area (Å²) in [4.78, 5) is 29.4. The molecule has 226 valence electrons. The molecular formula is C33H41N7O3. The molecule has 2 aromatic carbocycles. The number of carbonyl (C=O) groups is 2. The summed E-state index contributed by atoms with van der Waals surface area (Å²) in [5.74, 6) is 0.744. The van der Waals surface area contributed by atoms with Crippen LogP contribution in [0.4, 0.5) is 0 Å². The van der Waals surface area contributed by atoms with Gasteiger partial charge >= 0.3 is 0 Å². The Morgan fingerprint density at radius 2 is 1.77 bits per heavy atom. The Labute approximate surface area is 253 Å². The fourth-order valence-electron chi connectivity index (χ4n) is 5.24. The molecule has 0 spiro atoms. The monoisotopic (exact) mass is 583 g/mol. The summed E-state index contributed by atoms with van der Waals surface area (Å²) in [5, 5.41) is 12.1. The fraction of sp³-hybridized carbons (Fsp3) is 0.394. The third kappa shape index (κ3) is 7.50. The molecule has 1 N–H and O–H groups in total. The molecule has 4 aromatic rings. The van der Waals surface area contributed by atoms with Crippen molar-refractivity contribution in [2.24, 2.45) is 7.05 Å². The van der Waals surface area contributed by atoms with Gasteiger partial charge in [-0.25, -0.2) is 0 Å². The molecule has 1 saturated heterocycles. The standard InChI is InChI=1S/C33H41N7O3/c1-23-8-9-30(43-14-13-37(3)4)18-31(23)33(42)36-24(2)25-15-26(28-19-34-38(5)21-28)17-27(16-25)29-20-35-40(22-29)12-11-39-10-6-7-32(39)41/h8-9,15-22,24H,6-7,10-14H2,1-5H3,(H,36,42)/t24-/m1/s1. The number of nitrogens with zero attached hydrogens (tertiary/aromatic N) is 6. The summed E-state index contributed by atoms with van der Waals surface area (Å²) in [6.07, 6.45) is 9.25. The Bertz CT molecular complexity index is 1590. The number of hydrogen-bond donors (Lipinski definition) is 1. The maximum atomic E-state index is 13.5. The molecule has 5 rings (SSSR count). The average Bonchev–Trinajstić information content (AvgIpc) is 3.73. The van der Waals surface area contributed by atoms with Crippen LogP contribution in [0.15, 0.2) is 61.2 Å². The molecule has 1 atom stereocenters. The first kappa shape index (κ1) is 30.0. The number of aromatic nitrogens is 4. The minimum absolute atomic E-state index is 0.152. The highest BCUT2D eigenvalue weighted by Crippen LogP contribution is 2.31.